The van der Waals surface area contributed by atoms with E-state index in [-0.39, 0.29) is 11.8 Å². The minimum absolute atomic E-state index is 0.0362. The molecule has 34 heavy (non-hydrogen) atoms. The van der Waals surface area contributed by atoms with E-state index in [0.29, 0.717) is 19.5 Å². The number of carbonyl (C=O) groups excluding carboxylic acids is 2. The number of fused-ring (bicyclic) bond motifs is 1. The SMILES string of the molecule is O=C(CC1(N2Cc3ccccc3C2=O)CCN(Cc2ccccc2)CC1)NCc1ccccn1. The van der Waals surface area contributed by atoms with Crippen molar-refractivity contribution in [1.29, 1.82) is 0 Å². The Morgan fingerprint density at radius 2 is 1.68 bits per heavy atom. The van der Waals surface area contributed by atoms with Gasteiger partial charge in [-0.1, -0.05) is 54.6 Å². The van der Waals surface area contributed by atoms with E-state index in [1.165, 1.54) is 5.56 Å². The third-order valence-electron chi connectivity index (χ3n) is 7.11. The van der Waals surface area contributed by atoms with Gasteiger partial charge in [0.1, 0.15) is 0 Å². The first-order chi connectivity index (χ1) is 16.6. The molecule has 0 bridgehead atoms. The van der Waals surface area contributed by atoms with Crippen LogP contribution in [0.25, 0.3) is 0 Å². The number of carbonyl (C=O) groups is 2. The molecule has 3 aromatic rings. The van der Waals surface area contributed by atoms with Crippen LogP contribution in [-0.4, -0.2) is 45.2 Å². The smallest absolute Gasteiger partial charge is 0.254 e. The van der Waals surface area contributed by atoms with E-state index in [9.17, 15) is 9.59 Å². The largest absolute Gasteiger partial charge is 0.350 e. The number of piperidine rings is 1. The van der Waals surface area contributed by atoms with Crippen LogP contribution < -0.4 is 5.32 Å². The molecule has 0 radical (unpaired) electrons. The van der Waals surface area contributed by atoms with Crippen molar-refractivity contribution in [3.8, 4) is 0 Å². The predicted octanol–water partition coefficient (Wildman–Crippen LogP) is 3.78. The average molecular weight is 455 g/mol. The van der Waals surface area contributed by atoms with E-state index < -0.39 is 5.54 Å². The van der Waals surface area contributed by atoms with Crippen LogP contribution in [0.2, 0.25) is 0 Å². The molecule has 2 aliphatic heterocycles. The predicted molar refractivity (Wildman–Crippen MR) is 131 cm³/mol. The van der Waals surface area contributed by atoms with Gasteiger partial charge in [-0.2, -0.15) is 0 Å². The van der Waals surface area contributed by atoms with E-state index in [1.807, 2.05) is 53.4 Å². The highest BCUT2D eigenvalue weighted by Crippen LogP contribution is 2.38. The van der Waals surface area contributed by atoms with Crippen molar-refractivity contribution in [2.24, 2.45) is 0 Å². The third kappa shape index (κ3) is 4.73. The lowest BCUT2D eigenvalue weighted by Gasteiger charge is -2.47. The van der Waals surface area contributed by atoms with E-state index in [0.717, 1.165) is 49.3 Å². The Hall–Kier alpha value is -3.51. The number of amides is 2. The van der Waals surface area contributed by atoms with Crippen LogP contribution in [0.15, 0.2) is 79.0 Å². The van der Waals surface area contributed by atoms with Gasteiger partial charge in [-0.15, -0.1) is 0 Å². The minimum atomic E-state index is -0.489. The summed E-state index contributed by atoms with van der Waals surface area (Å²) in [6.07, 6.45) is 3.58. The fourth-order valence-electron chi connectivity index (χ4n) is 5.20. The molecule has 0 spiro atoms. The second-order valence-corrected chi connectivity index (χ2v) is 9.31. The Balaban J connectivity index is 1.31. The van der Waals surface area contributed by atoms with Crippen LogP contribution in [0.3, 0.4) is 0 Å². The highest BCUT2D eigenvalue weighted by atomic mass is 16.2. The molecule has 5 rings (SSSR count). The number of rotatable bonds is 7. The zero-order valence-electron chi connectivity index (χ0n) is 19.3. The van der Waals surface area contributed by atoms with Gasteiger partial charge in [0.25, 0.3) is 5.91 Å². The molecule has 2 aliphatic rings. The first-order valence-electron chi connectivity index (χ1n) is 12.0. The minimum Gasteiger partial charge on any atom is -0.350 e. The van der Waals surface area contributed by atoms with Gasteiger partial charge in [0.2, 0.25) is 5.91 Å². The summed E-state index contributed by atoms with van der Waals surface area (Å²) in [7, 11) is 0. The maximum absolute atomic E-state index is 13.4. The number of benzene rings is 2. The van der Waals surface area contributed by atoms with Crippen molar-refractivity contribution in [1.82, 2.24) is 20.1 Å². The number of pyridine rings is 1. The highest BCUT2D eigenvalue weighted by Gasteiger charge is 2.46. The zero-order chi connectivity index (χ0) is 23.4. The zero-order valence-corrected chi connectivity index (χ0v) is 19.3. The first-order valence-corrected chi connectivity index (χ1v) is 12.0. The maximum atomic E-state index is 13.4. The fraction of sp³-hybridized carbons (Fsp3) is 0.321. The Kier molecular flexibility index (Phi) is 6.41. The molecule has 0 unspecified atom stereocenters. The Bertz CT molecular complexity index is 1140. The van der Waals surface area contributed by atoms with E-state index in [2.05, 4.69) is 39.5 Å². The molecule has 1 N–H and O–H groups in total. The van der Waals surface area contributed by atoms with Gasteiger partial charge in [-0.05, 0) is 42.2 Å². The number of hydrogen-bond acceptors (Lipinski definition) is 4. The summed E-state index contributed by atoms with van der Waals surface area (Å²) in [5, 5.41) is 3.03. The van der Waals surface area contributed by atoms with Crippen molar-refractivity contribution >= 4 is 11.8 Å². The van der Waals surface area contributed by atoms with Crippen LogP contribution in [0.5, 0.6) is 0 Å². The van der Waals surface area contributed by atoms with Gasteiger partial charge in [0.15, 0.2) is 0 Å². The number of nitrogens with one attached hydrogen (secondary N) is 1. The Morgan fingerprint density at radius 1 is 0.941 bits per heavy atom. The molecule has 2 amide bonds. The normalized spacial score (nSPS) is 17.4. The van der Waals surface area contributed by atoms with Crippen LogP contribution >= 0.6 is 0 Å². The monoisotopic (exact) mass is 454 g/mol. The van der Waals surface area contributed by atoms with Crippen molar-refractivity contribution < 1.29 is 9.59 Å². The molecule has 1 saturated heterocycles. The van der Waals surface area contributed by atoms with Gasteiger partial charge in [0.05, 0.1) is 24.2 Å². The molecule has 6 nitrogen and oxygen atoms in total. The molecule has 1 fully saturated rings. The summed E-state index contributed by atoms with van der Waals surface area (Å²) in [6.45, 7) is 3.55. The summed E-state index contributed by atoms with van der Waals surface area (Å²) >= 11 is 0. The number of aromatic nitrogens is 1. The molecule has 0 atom stereocenters. The average Bonchev–Trinajstić information content (AvgIpc) is 3.23. The van der Waals surface area contributed by atoms with Crippen LogP contribution in [0, 0.1) is 0 Å². The topological polar surface area (TPSA) is 65.5 Å². The standard InChI is InChI=1S/C28H30N4O2/c33-26(30-19-24-11-6-7-15-29-24)18-28(32-21-23-10-4-5-12-25(23)27(32)34)13-16-31(17-14-28)20-22-8-2-1-3-9-22/h1-12,15H,13-14,16-21H2,(H,30,33). The summed E-state index contributed by atoms with van der Waals surface area (Å²) in [4.78, 5) is 35.2. The molecule has 0 aliphatic carbocycles. The molecule has 3 heterocycles. The van der Waals surface area contributed by atoms with E-state index in [1.54, 1.807) is 6.20 Å². The molecule has 2 aromatic carbocycles. The van der Waals surface area contributed by atoms with Crippen LogP contribution in [0.1, 0.15) is 46.4 Å². The van der Waals surface area contributed by atoms with E-state index >= 15 is 0 Å². The fourth-order valence-corrected chi connectivity index (χ4v) is 5.20. The molecule has 1 aromatic heterocycles. The number of nitrogens with zero attached hydrogens (tertiary/aromatic N) is 3. The molecule has 0 saturated carbocycles. The third-order valence-corrected chi connectivity index (χ3v) is 7.11. The van der Waals surface area contributed by atoms with Crippen LogP contribution in [-0.2, 0) is 24.4 Å². The molecular weight excluding hydrogens is 424 g/mol. The molecular formula is C28H30N4O2. The maximum Gasteiger partial charge on any atom is 0.254 e. The molecule has 6 heteroatoms. The number of hydrogen-bond donors (Lipinski definition) is 1. The highest BCUT2D eigenvalue weighted by molar-refractivity contribution is 5.99. The quantitative estimate of drug-likeness (QED) is 0.590. The van der Waals surface area contributed by atoms with Crippen molar-refractivity contribution in [3.05, 3.63) is 101 Å². The van der Waals surface area contributed by atoms with Gasteiger partial charge >= 0.3 is 0 Å². The Morgan fingerprint density at radius 3 is 2.41 bits per heavy atom. The van der Waals surface area contributed by atoms with Gasteiger partial charge in [0, 0.05) is 37.9 Å². The second kappa shape index (κ2) is 9.77. The van der Waals surface area contributed by atoms with E-state index in [4.69, 9.17) is 0 Å². The number of likely N-dealkylation sites (tertiary alicyclic amines) is 1. The lowest BCUT2D eigenvalue weighted by atomic mass is 9.82. The van der Waals surface area contributed by atoms with Gasteiger partial charge in [-0.3, -0.25) is 19.5 Å². The van der Waals surface area contributed by atoms with Crippen molar-refractivity contribution in [3.63, 3.8) is 0 Å². The first kappa shape index (κ1) is 22.3. The summed E-state index contributed by atoms with van der Waals surface area (Å²) in [6, 6.07) is 23.9. The van der Waals surface area contributed by atoms with Crippen molar-refractivity contribution in [2.45, 2.75) is 44.4 Å². The van der Waals surface area contributed by atoms with Gasteiger partial charge in [-0.25, -0.2) is 0 Å². The second-order valence-electron chi connectivity index (χ2n) is 9.31. The van der Waals surface area contributed by atoms with Gasteiger partial charge < -0.3 is 10.2 Å². The van der Waals surface area contributed by atoms with Crippen LogP contribution in [0.4, 0.5) is 0 Å². The summed E-state index contributed by atoms with van der Waals surface area (Å²) < 4.78 is 0. The lowest BCUT2D eigenvalue weighted by Crippen LogP contribution is -2.57. The summed E-state index contributed by atoms with van der Waals surface area (Å²) in [5.74, 6) is 0.00977. The van der Waals surface area contributed by atoms with Crippen molar-refractivity contribution in [2.75, 3.05) is 13.1 Å². The Labute approximate surface area is 200 Å². The summed E-state index contributed by atoms with van der Waals surface area (Å²) in [5.41, 5.74) is 3.44. The lowest BCUT2D eigenvalue weighted by molar-refractivity contribution is -0.125. The molecule has 174 valence electrons.